The van der Waals surface area contributed by atoms with Crippen LogP contribution in [0.5, 0.6) is 0 Å². The fraction of sp³-hybridized carbons (Fsp3) is 1.00. The van der Waals surface area contributed by atoms with E-state index in [0.717, 1.165) is 31.1 Å². The maximum absolute atomic E-state index is 4.16. The van der Waals surface area contributed by atoms with Gasteiger partial charge in [-0.05, 0) is 6.92 Å². The number of hydrogen-bond acceptors (Lipinski definition) is 4. The van der Waals surface area contributed by atoms with Crippen LogP contribution in [0.1, 0.15) is 6.92 Å². The zero-order chi connectivity index (χ0) is 8.53. The smallest absolute Gasteiger partial charge is 0.0127 e. The SMILES string of the molecule is C[C@H](CS)NCCNCCS. The van der Waals surface area contributed by atoms with Gasteiger partial charge in [-0.2, -0.15) is 25.3 Å². The summed E-state index contributed by atoms with van der Waals surface area (Å²) >= 11 is 8.25. The highest BCUT2D eigenvalue weighted by molar-refractivity contribution is 7.80. The molecule has 2 N–H and O–H groups in total. The van der Waals surface area contributed by atoms with E-state index in [1.54, 1.807) is 0 Å². The van der Waals surface area contributed by atoms with Crippen molar-refractivity contribution in [3.8, 4) is 0 Å². The average molecular weight is 194 g/mol. The second kappa shape index (κ2) is 8.71. The number of rotatable bonds is 7. The molecular weight excluding hydrogens is 176 g/mol. The van der Waals surface area contributed by atoms with Crippen molar-refractivity contribution in [1.29, 1.82) is 0 Å². The van der Waals surface area contributed by atoms with Crippen LogP contribution < -0.4 is 10.6 Å². The van der Waals surface area contributed by atoms with Gasteiger partial charge in [0.15, 0.2) is 0 Å². The summed E-state index contributed by atoms with van der Waals surface area (Å²) in [4.78, 5) is 0. The maximum atomic E-state index is 4.16. The van der Waals surface area contributed by atoms with E-state index in [0.29, 0.717) is 6.04 Å². The molecule has 0 bridgehead atoms. The van der Waals surface area contributed by atoms with Gasteiger partial charge in [0.2, 0.25) is 0 Å². The second-order valence-corrected chi connectivity index (χ2v) is 3.32. The summed E-state index contributed by atoms with van der Waals surface area (Å²) < 4.78 is 0. The standard InChI is InChI=1S/C7H18N2S2/c1-7(6-11)9-3-2-8-4-5-10/h7-11H,2-6H2,1H3/t7-/m1/s1. The molecule has 0 aromatic carbocycles. The fourth-order valence-electron chi connectivity index (χ4n) is 0.676. The highest BCUT2D eigenvalue weighted by Gasteiger charge is 1.94. The molecule has 0 spiro atoms. The van der Waals surface area contributed by atoms with Gasteiger partial charge >= 0.3 is 0 Å². The maximum Gasteiger partial charge on any atom is 0.0127 e. The summed E-state index contributed by atoms with van der Waals surface area (Å²) in [7, 11) is 0. The van der Waals surface area contributed by atoms with Crippen molar-refractivity contribution in [1.82, 2.24) is 10.6 Å². The molecule has 0 aliphatic heterocycles. The van der Waals surface area contributed by atoms with Crippen LogP contribution in [-0.4, -0.2) is 37.2 Å². The zero-order valence-corrected chi connectivity index (χ0v) is 8.80. The van der Waals surface area contributed by atoms with Crippen LogP contribution in [0.15, 0.2) is 0 Å². The van der Waals surface area contributed by atoms with E-state index < -0.39 is 0 Å². The molecular formula is C7H18N2S2. The molecule has 11 heavy (non-hydrogen) atoms. The van der Waals surface area contributed by atoms with Gasteiger partial charge in [0, 0.05) is 37.2 Å². The van der Waals surface area contributed by atoms with E-state index in [2.05, 4.69) is 42.8 Å². The van der Waals surface area contributed by atoms with Gasteiger partial charge < -0.3 is 10.6 Å². The van der Waals surface area contributed by atoms with Crippen LogP contribution in [0.25, 0.3) is 0 Å². The van der Waals surface area contributed by atoms with Crippen LogP contribution in [0, 0.1) is 0 Å². The first kappa shape index (κ1) is 11.6. The van der Waals surface area contributed by atoms with Crippen molar-refractivity contribution >= 4 is 25.3 Å². The van der Waals surface area contributed by atoms with Gasteiger partial charge in [0.1, 0.15) is 0 Å². The predicted molar refractivity (Wildman–Crippen MR) is 58.0 cm³/mol. The molecule has 0 radical (unpaired) electrons. The van der Waals surface area contributed by atoms with Gasteiger partial charge in [-0.1, -0.05) is 0 Å². The Morgan fingerprint density at radius 2 is 1.91 bits per heavy atom. The third kappa shape index (κ3) is 8.53. The van der Waals surface area contributed by atoms with Gasteiger partial charge in [-0.15, -0.1) is 0 Å². The molecule has 0 heterocycles. The molecule has 0 amide bonds. The first-order valence-corrected chi connectivity index (χ1v) is 5.23. The monoisotopic (exact) mass is 194 g/mol. The zero-order valence-electron chi connectivity index (χ0n) is 7.01. The van der Waals surface area contributed by atoms with Crippen molar-refractivity contribution in [2.45, 2.75) is 13.0 Å². The van der Waals surface area contributed by atoms with E-state index in [-0.39, 0.29) is 0 Å². The second-order valence-electron chi connectivity index (χ2n) is 2.51. The molecule has 0 aliphatic carbocycles. The van der Waals surface area contributed by atoms with Crippen LogP contribution >= 0.6 is 25.3 Å². The summed E-state index contributed by atoms with van der Waals surface area (Å²) in [6.45, 7) is 5.14. The van der Waals surface area contributed by atoms with Gasteiger partial charge in [0.05, 0.1) is 0 Å². The molecule has 68 valence electrons. The summed E-state index contributed by atoms with van der Waals surface area (Å²) in [6.07, 6.45) is 0. The lowest BCUT2D eigenvalue weighted by atomic mass is 10.4. The Morgan fingerprint density at radius 1 is 1.18 bits per heavy atom. The minimum atomic E-state index is 0.510. The van der Waals surface area contributed by atoms with Crippen molar-refractivity contribution in [2.24, 2.45) is 0 Å². The molecule has 0 fully saturated rings. The highest BCUT2D eigenvalue weighted by atomic mass is 32.1. The third-order valence-corrected chi connectivity index (χ3v) is 2.13. The van der Waals surface area contributed by atoms with Crippen molar-refractivity contribution in [2.75, 3.05) is 31.1 Å². The Bertz CT molecular complexity index is 80.8. The minimum Gasteiger partial charge on any atom is -0.315 e. The molecule has 0 saturated heterocycles. The number of thiol groups is 2. The van der Waals surface area contributed by atoms with Crippen molar-refractivity contribution < 1.29 is 0 Å². The third-order valence-electron chi connectivity index (χ3n) is 1.36. The number of hydrogen-bond donors (Lipinski definition) is 4. The minimum absolute atomic E-state index is 0.510. The molecule has 1 atom stereocenters. The first-order chi connectivity index (χ1) is 5.31. The van der Waals surface area contributed by atoms with Crippen molar-refractivity contribution in [3.05, 3.63) is 0 Å². The van der Waals surface area contributed by atoms with Crippen LogP contribution in [0.4, 0.5) is 0 Å². The average Bonchev–Trinajstić information content (AvgIpc) is 2.04. The van der Waals surface area contributed by atoms with E-state index in [4.69, 9.17) is 0 Å². The van der Waals surface area contributed by atoms with E-state index >= 15 is 0 Å². The Morgan fingerprint density at radius 3 is 2.45 bits per heavy atom. The van der Waals surface area contributed by atoms with Crippen LogP contribution in [0.3, 0.4) is 0 Å². The summed E-state index contributed by atoms with van der Waals surface area (Å²) in [5.74, 6) is 1.80. The van der Waals surface area contributed by atoms with Gasteiger partial charge in [-0.3, -0.25) is 0 Å². The summed E-state index contributed by atoms with van der Waals surface area (Å²) in [5, 5.41) is 6.58. The summed E-state index contributed by atoms with van der Waals surface area (Å²) in [6, 6.07) is 0.510. The Balaban J connectivity index is 2.89. The normalized spacial score (nSPS) is 13.4. The van der Waals surface area contributed by atoms with Gasteiger partial charge in [-0.25, -0.2) is 0 Å². The Labute approximate surface area is 80.3 Å². The quantitative estimate of drug-likeness (QED) is 0.349. The van der Waals surface area contributed by atoms with E-state index in [1.165, 1.54) is 0 Å². The van der Waals surface area contributed by atoms with Crippen LogP contribution in [0.2, 0.25) is 0 Å². The highest BCUT2D eigenvalue weighted by Crippen LogP contribution is 1.82. The first-order valence-electron chi connectivity index (χ1n) is 3.97. The molecule has 2 nitrogen and oxygen atoms in total. The van der Waals surface area contributed by atoms with Crippen LogP contribution in [-0.2, 0) is 0 Å². The summed E-state index contributed by atoms with van der Waals surface area (Å²) in [5.41, 5.74) is 0. The molecule has 0 aromatic rings. The van der Waals surface area contributed by atoms with Crippen molar-refractivity contribution in [3.63, 3.8) is 0 Å². The number of nitrogens with one attached hydrogen (secondary N) is 2. The van der Waals surface area contributed by atoms with Gasteiger partial charge in [0.25, 0.3) is 0 Å². The fourth-order valence-corrected chi connectivity index (χ4v) is 0.963. The Hall–Kier alpha value is 0.620. The molecule has 0 aromatic heterocycles. The topological polar surface area (TPSA) is 24.1 Å². The molecule has 4 heteroatoms. The Kier molecular flexibility index (Phi) is 9.21. The largest absolute Gasteiger partial charge is 0.315 e. The lowest BCUT2D eigenvalue weighted by Gasteiger charge is -2.10. The molecule has 0 unspecified atom stereocenters. The lowest BCUT2D eigenvalue weighted by molar-refractivity contribution is 0.569. The lowest BCUT2D eigenvalue weighted by Crippen LogP contribution is -2.34. The molecule has 0 saturated carbocycles. The van der Waals surface area contributed by atoms with E-state index in [9.17, 15) is 0 Å². The molecule has 0 rings (SSSR count). The molecule has 0 aliphatic rings. The van der Waals surface area contributed by atoms with E-state index in [1.807, 2.05) is 0 Å². The predicted octanol–water partition coefficient (Wildman–Crippen LogP) is 0.414.